The van der Waals surface area contributed by atoms with Crippen molar-refractivity contribution in [3.8, 4) is 0 Å². The number of nitro benzene ring substituents is 1. The first kappa shape index (κ1) is 14.8. The molecule has 0 radical (unpaired) electrons. The monoisotopic (exact) mass is 308 g/mol. The van der Waals surface area contributed by atoms with Gasteiger partial charge in [0.2, 0.25) is 11.1 Å². The van der Waals surface area contributed by atoms with Gasteiger partial charge >= 0.3 is 0 Å². The number of thioether (sulfide) groups is 1. The van der Waals surface area contributed by atoms with Crippen molar-refractivity contribution in [2.24, 2.45) is 0 Å². The van der Waals surface area contributed by atoms with E-state index in [1.54, 1.807) is 13.0 Å². The summed E-state index contributed by atoms with van der Waals surface area (Å²) in [7, 11) is 0. The third kappa shape index (κ3) is 3.48. The number of aryl methyl sites for hydroxylation is 1. The number of carbonyl (C=O) groups excluding carboxylic acids is 1. The topological polar surface area (TPSA) is 129 Å². The van der Waals surface area contributed by atoms with Crippen molar-refractivity contribution < 1.29 is 9.72 Å². The summed E-state index contributed by atoms with van der Waals surface area (Å²) in [6.07, 6.45) is 0. The number of nitrogens with zero attached hydrogens (tertiary/aromatic N) is 4. The van der Waals surface area contributed by atoms with E-state index in [-0.39, 0.29) is 17.1 Å². The lowest BCUT2D eigenvalue weighted by Crippen LogP contribution is -2.17. The number of anilines is 1. The van der Waals surface area contributed by atoms with Gasteiger partial charge in [-0.1, -0.05) is 23.9 Å². The Morgan fingerprint density at radius 1 is 1.48 bits per heavy atom. The van der Waals surface area contributed by atoms with Crippen molar-refractivity contribution >= 4 is 29.0 Å². The molecule has 110 valence electrons. The second-order valence-corrected chi connectivity index (χ2v) is 4.95. The summed E-state index contributed by atoms with van der Waals surface area (Å²) < 4.78 is 1.27. The number of nitrogens with two attached hydrogens (primary N) is 1. The highest BCUT2D eigenvalue weighted by molar-refractivity contribution is 7.99. The lowest BCUT2D eigenvalue weighted by atomic mass is 10.2. The van der Waals surface area contributed by atoms with Crippen LogP contribution in [-0.2, 0) is 4.79 Å². The molecule has 21 heavy (non-hydrogen) atoms. The minimum absolute atomic E-state index is 0.0153. The minimum Gasteiger partial charge on any atom is -0.336 e. The largest absolute Gasteiger partial charge is 0.336 e. The minimum atomic E-state index is -0.553. The summed E-state index contributed by atoms with van der Waals surface area (Å²) in [5.41, 5.74) is -0.00724. The number of amides is 1. The predicted octanol–water partition coefficient (Wildman–Crippen LogP) is 0.939. The lowest BCUT2D eigenvalue weighted by molar-refractivity contribution is -0.383. The quantitative estimate of drug-likeness (QED) is 0.364. The number of hydrogen-bond acceptors (Lipinski definition) is 7. The number of para-hydroxylation sites is 2. The molecule has 0 saturated heterocycles. The number of benzene rings is 1. The molecule has 0 atom stereocenters. The van der Waals surface area contributed by atoms with Gasteiger partial charge in [-0.2, -0.15) is 0 Å². The van der Waals surface area contributed by atoms with Gasteiger partial charge in [-0.3, -0.25) is 14.9 Å². The average Bonchev–Trinajstić information content (AvgIpc) is 2.77. The number of hydrogen-bond donors (Lipinski definition) is 2. The Bertz CT molecular complexity index is 686. The summed E-state index contributed by atoms with van der Waals surface area (Å²) in [5, 5.41) is 21.3. The average molecular weight is 308 g/mol. The van der Waals surface area contributed by atoms with Crippen molar-refractivity contribution in [2.45, 2.75) is 12.1 Å². The molecular weight excluding hydrogens is 296 g/mol. The Morgan fingerprint density at radius 2 is 2.19 bits per heavy atom. The summed E-state index contributed by atoms with van der Waals surface area (Å²) >= 11 is 1.09. The molecule has 1 amide bonds. The van der Waals surface area contributed by atoms with Crippen molar-refractivity contribution in [1.29, 1.82) is 0 Å². The highest BCUT2D eigenvalue weighted by atomic mass is 32.2. The van der Waals surface area contributed by atoms with Crippen LogP contribution in [0, 0.1) is 17.0 Å². The van der Waals surface area contributed by atoms with E-state index < -0.39 is 10.8 Å². The van der Waals surface area contributed by atoms with Crippen molar-refractivity contribution in [2.75, 3.05) is 16.9 Å². The summed E-state index contributed by atoms with van der Waals surface area (Å²) in [6.45, 7) is 1.68. The zero-order chi connectivity index (χ0) is 15.4. The molecule has 0 spiro atoms. The van der Waals surface area contributed by atoms with Crippen LogP contribution in [0.4, 0.5) is 11.4 Å². The van der Waals surface area contributed by atoms with Gasteiger partial charge in [0.05, 0.1) is 10.7 Å². The fourth-order valence-corrected chi connectivity index (χ4v) is 2.21. The summed E-state index contributed by atoms with van der Waals surface area (Å²) in [5.74, 6) is 5.80. The molecule has 0 saturated carbocycles. The maximum Gasteiger partial charge on any atom is 0.292 e. The van der Waals surface area contributed by atoms with Gasteiger partial charge in [0, 0.05) is 6.07 Å². The smallest absolute Gasteiger partial charge is 0.292 e. The maximum atomic E-state index is 11.8. The third-order valence-corrected chi connectivity index (χ3v) is 3.49. The highest BCUT2D eigenvalue weighted by Crippen LogP contribution is 2.23. The fourth-order valence-electron chi connectivity index (χ4n) is 1.50. The standard InChI is InChI=1S/C11H12N6O3S/c1-7-14-15-11(16(7)12)21-6-10(18)13-8-4-2-3-5-9(8)17(19)20/h2-5H,6,12H2,1H3,(H,13,18). The molecule has 0 fully saturated rings. The second-order valence-electron chi connectivity index (χ2n) is 4.01. The number of carbonyl (C=O) groups is 1. The van der Waals surface area contributed by atoms with Gasteiger partial charge in [0.1, 0.15) is 11.5 Å². The number of nitro groups is 1. The van der Waals surface area contributed by atoms with E-state index in [0.717, 1.165) is 11.8 Å². The molecule has 1 heterocycles. The van der Waals surface area contributed by atoms with Crippen LogP contribution in [0.25, 0.3) is 0 Å². The molecule has 3 N–H and O–H groups in total. The third-order valence-electron chi connectivity index (χ3n) is 2.54. The number of aromatic nitrogens is 3. The summed E-state index contributed by atoms with van der Waals surface area (Å²) in [6, 6.07) is 5.93. The molecule has 2 rings (SSSR count). The molecule has 0 bridgehead atoms. The Labute approximate surface area is 123 Å². The first-order valence-electron chi connectivity index (χ1n) is 5.82. The van der Waals surface area contributed by atoms with Crippen molar-refractivity contribution in [1.82, 2.24) is 14.9 Å². The van der Waals surface area contributed by atoms with E-state index in [2.05, 4.69) is 15.5 Å². The summed E-state index contributed by atoms with van der Waals surface area (Å²) in [4.78, 5) is 22.1. The Kier molecular flexibility index (Phi) is 4.38. The molecule has 0 unspecified atom stereocenters. The number of rotatable bonds is 5. The molecule has 10 heteroatoms. The van der Waals surface area contributed by atoms with Gasteiger partial charge in [-0.15, -0.1) is 10.2 Å². The molecule has 0 aliphatic heterocycles. The molecular formula is C11H12N6O3S. The molecule has 1 aromatic carbocycles. The van der Waals surface area contributed by atoms with Gasteiger partial charge < -0.3 is 11.2 Å². The Balaban J connectivity index is 1.99. The fraction of sp³-hybridized carbons (Fsp3) is 0.182. The first-order chi connectivity index (χ1) is 9.99. The number of nitrogens with one attached hydrogen (secondary N) is 1. The molecule has 2 aromatic rings. The van der Waals surface area contributed by atoms with Gasteiger partial charge in [0.15, 0.2) is 0 Å². The van der Waals surface area contributed by atoms with Crippen LogP contribution >= 0.6 is 11.8 Å². The number of nitrogen functional groups attached to an aromatic ring is 1. The van der Waals surface area contributed by atoms with Crippen LogP contribution in [0.15, 0.2) is 29.4 Å². The van der Waals surface area contributed by atoms with Crippen LogP contribution in [-0.4, -0.2) is 31.5 Å². The zero-order valence-corrected chi connectivity index (χ0v) is 11.8. The predicted molar refractivity (Wildman–Crippen MR) is 77.4 cm³/mol. The maximum absolute atomic E-state index is 11.8. The van der Waals surface area contributed by atoms with E-state index in [9.17, 15) is 14.9 Å². The van der Waals surface area contributed by atoms with Crippen molar-refractivity contribution in [3.05, 3.63) is 40.2 Å². The van der Waals surface area contributed by atoms with E-state index >= 15 is 0 Å². The van der Waals surface area contributed by atoms with E-state index in [4.69, 9.17) is 5.84 Å². The van der Waals surface area contributed by atoms with Crippen LogP contribution in [0.2, 0.25) is 0 Å². The lowest BCUT2D eigenvalue weighted by Gasteiger charge is -2.05. The molecule has 0 aliphatic carbocycles. The van der Waals surface area contributed by atoms with Crippen LogP contribution in [0.1, 0.15) is 5.82 Å². The van der Waals surface area contributed by atoms with E-state index in [0.29, 0.717) is 11.0 Å². The Hall–Kier alpha value is -2.62. The first-order valence-corrected chi connectivity index (χ1v) is 6.80. The highest BCUT2D eigenvalue weighted by Gasteiger charge is 2.15. The van der Waals surface area contributed by atoms with Crippen LogP contribution in [0.5, 0.6) is 0 Å². The van der Waals surface area contributed by atoms with E-state index in [1.807, 2.05) is 0 Å². The Morgan fingerprint density at radius 3 is 2.81 bits per heavy atom. The molecule has 0 aliphatic rings. The normalized spacial score (nSPS) is 10.3. The van der Waals surface area contributed by atoms with Gasteiger partial charge in [-0.05, 0) is 13.0 Å². The van der Waals surface area contributed by atoms with Crippen LogP contribution < -0.4 is 11.2 Å². The van der Waals surface area contributed by atoms with Crippen LogP contribution in [0.3, 0.4) is 0 Å². The van der Waals surface area contributed by atoms with E-state index in [1.165, 1.54) is 22.9 Å². The van der Waals surface area contributed by atoms with Gasteiger partial charge in [0.25, 0.3) is 5.69 Å². The molecule has 9 nitrogen and oxygen atoms in total. The SMILES string of the molecule is Cc1nnc(SCC(=O)Nc2ccccc2[N+](=O)[O-])n1N. The van der Waals surface area contributed by atoms with Gasteiger partial charge in [-0.25, -0.2) is 4.68 Å². The second kappa shape index (κ2) is 6.22. The molecule has 1 aromatic heterocycles. The van der Waals surface area contributed by atoms with Crippen molar-refractivity contribution in [3.63, 3.8) is 0 Å². The zero-order valence-electron chi connectivity index (χ0n) is 11.0.